The van der Waals surface area contributed by atoms with E-state index in [-0.39, 0.29) is 18.7 Å². The van der Waals surface area contributed by atoms with E-state index >= 15 is 0 Å². The lowest BCUT2D eigenvalue weighted by Gasteiger charge is -2.08. The first kappa shape index (κ1) is 23.2. The van der Waals surface area contributed by atoms with Crippen LogP contribution in [0.2, 0.25) is 0 Å². The second-order valence-corrected chi connectivity index (χ2v) is 7.26. The molecule has 0 unspecified atom stereocenters. The third-order valence-corrected chi connectivity index (χ3v) is 4.73. The molecule has 0 atom stereocenters. The van der Waals surface area contributed by atoms with E-state index in [0.29, 0.717) is 30.7 Å². The van der Waals surface area contributed by atoms with Crippen molar-refractivity contribution in [1.29, 1.82) is 0 Å². The van der Waals surface area contributed by atoms with E-state index in [1.165, 1.54) is 25.7 Å². The smallest absolute Gasteiger partial charge is 0.303 e. The molecule has 0 aromatic heterocycles. The first-order chi connectivity index (χ1) is 13.0. The highest BCUT2D eigenvalue weighted by atomic mass is 16.4. The van der Waals surface area contributed by atoms with Crippen LogP contribution >= 0.6 is 0 Å². The number of carboxylic acids is 1. The van der Waals surface area contributed by atoms with E-state index < -0.39 is 11.9 Å². The zero-order valence-electron chi connectivity index (χ0n) is 16.7. The molecule has 6 heteroatoms. The predicted octanol–water partition coefficient (Wildman–Crippen LogP) is 4.89. The van der Waals surface area contributed by atoms with Crippen LogP contribution in [0.15, 0.2) is 9.98 Å². The molecule has 0 radical (unpaired) electrons. The molecule has 0 bridgehead atoms. The molecule has 1 N–H and O–H groups in total. The van der Waals surface area contributed by atoms with Gasteiger partial charge in [0.25, 0.3) is 11.8 Å². The Morgan fingerprint density at radius 2 is 1.22 bits per heavy atom. The highest BCUT2D eigenvalue weighted by molar-refractivity contribution is 6.46. The number of carboxylic acid groups (broad SMARTS) is 1. The average Bonchev–Trinajstić information content (AvgIpc) is 2.74. The molecule has 152 valence electrons. The van der Waals surface area contributed by atoms with E-state index in [9.17, 15) is 14.4 Å². The summed E-state index contributed by atoms with van der Waals surface area (Å²) in [6.07, 6.45) is 12.8. The minimum absolute atomic E-state index is 0.221. The third kappa shape index (κ3) is 11.5. The second-order valence-electron chi connectivity index (χ2n) is 7.26. The van der Waals surface area contributed by atoms with Crippen LogP contribution in [0.4, 0.5) is 0 Å². The highest BCUT2D eigenvalue weighted by Crippen LogP contribution is 2.14. The quantitative estimate of drug-likeness (QED) is 0.324. The Bertz CT molecular complexity index is 552. The van der Waals surface area contributed by atoms with Gasteiger partial charge in [-0.25, -0.2) is 9.98 Å². The number of rotatable bonds is 15. The third-order valence-electron chi connectivity index (χ3n) is 4.73. The Morgan fingerprint density at radius 3 is 1.70 bits per heavy atom. The number of hydrogen-bond acceptors (Lipinski definition) is 3. The summed E-state index contributed by atoms with van der Waals surface area (Å²) >= 11 is 0. The van der Waals surface area contributed by atoms with Gasteiger partial charge in [0.1, 0.15) is 6.42 Å². The van der Waals surface area contributed by atoms with Crippen molar-refractivity contribution in [2.45, 2.75) is 103 Å². The highest BCUT2D eigenvalue weighted by Gasteiger charge is 2.19. The molecule has 0 aromatic rings. The molecule has 1 aliphatic heterocycles. The van der Waals surface area contributed by atoms with Gasteiger partial charge in [0, 0.05) is 6.42 Å². The summed E-state index contributed by atoms with van der Waals surface area (Å²) in [4.78, 5) is 42.4. The van der Waals surface area contributed by atoms with Gasteiger partial charge in [-0.05, 0) is 32.1 Å². The lowest BCUT2D eigenvalue weighted by molar-refractivity contribution is -0.137. The summed E-state index contributed by atoms with van der Waals surface area (Å²) in [6.45, 7) is 2.19. The Balaban J connectivity index is 2.41. The SMILES string of the molecule is CCCCCCCCC1=NC(=O)CC(=O)N=C1CCCCCCCC(=O)O. The van der Waals surface area contributed by atoms with Gasteiger partial charge in [0.15, 0.2) is 0 Å². The number of amides is 2. The van der Waals surface area contributed by atoms with Gasteiger partial charge >= 0.3 is 5.97 Å². The fourth-order valence-corrected chi connectivity index (χ4v) is 3.21. The maximum absolute atomic E-state index is 11.8. The molecule has 0 fully saturated rings. The first-order valence-corrected chi connectivity index (χ1v) is 10.5. The van der Waals surface area contributed by atoms with Crippen molar-refractivity contribution >= 4 is 29.2 Å². The summed E-state index contributed by atoms with van der Waals surface area (Å²) < 4.78 is 0. The Hall–Kier alpha value is -1.85. The van der Waals surface area contributed by atoms with Crippen LogP contribution in [0.3, 0.4) is 0 Å². The summed E-state index contributed by atoms with van der Waals surface area (Å²) in [5.74, 6) is -1.52. The Labute approximate surface area is 162 Å². The van der Waals surface area contributed by atoms with Gasteiger partial charge in [0.05, 0.1) is 11.4 Å². The van der Waals surface area contributed by atoms with Crippen LogP contribution in [0, 0.1) is 0 Å². The molecule has 0 aromatic carbocycles. The molecule has 0 spiro atoms. The topological polar surface area (TPSA) is 96.2 Å². The van der Waals surface area contributed by atoms with Crippen molar-refractivity contribution < 1.29 is 19.5 Å². The number of hydrogen-bond donors (Lipinski definition) is 1. The number of carbonyl (C=O) groups is 3. The van der Waals surface area contributed by atoms with Crippen molar-refractivity contribution in [2.24, 2.45) is 9.98 Å². The number of aliphatic carboxylic acids is 1. The summed E-state index contributed by atoms with van der Waals surface area (Å²) in [5.41, 5.74) is 1.39. The molecule has 1 aliphatic rings. The van der Waals surface area contributed by atoms with Gasteiger partial charge in [-0.2, -0.15) is 0 Å². The molecule has 6 nitrogen and oxygen atoms in total. The maximum Gasteiger partial charge on any atom is 0.303 e. The van der Waals surface area contributed by atoms with Gasteiger partial charge in [-0.3, -0.25) is 14.4 Å². The zero-order chi connectivity index (χ0) is 19.9. The minimum atomic E-state index is -0.749. The van der Waals surface area contributed by atoms with Crippen LogP contribution in [-0.2, 0) is 14.4 Å². The van der Waals surface area contributed by atoms with E-state index in [4.69, 9.17) is 5.11 Å². The number of unbranched alkanes of at least 4 members (excludes halogenated alkanes) is 9. The van der Waals surface area contributed by atoms with Gasteiger partial charge in [0.2, 0.25) is 0 Å². The molecule has 0 saturated heterocycles. The van der Waals surface area contributed by atoms with Crippen molar-refractivity contribution in [3.05, 3.63) is 0 Å². The number of aliphatic imine (C=N–C) groups is 2. The molecule has 1 heterocycles. The van der Waals surface area contributed by atoms with Crippen LogP contribution in [0.25, 0.3) is 0 Å². The van der Waals surface area contributed by atoms with Crippen molar-refractivity contribution in [3.8, 4) is 0 Å². The van der Waals surface area contributed by atoms with E-state index in [1.54, 1.807) is 0 Å². The molecular weight excluding hydrogens is 344 g/mol. The lowest BCUT2D eigenvalue weighted by atomic mass is 10.0. The maximum atomic E-state index is 11.8. The largest absolute Gasteiger partial charge is 0.481 e. The van der Waals surface area contributed by atoms with Crippen LogP contribution in [0.5, 0.6) is 0 Å². The predicted molar refractivity (Wildman–Crippen MR) is 107 cm³/mol. The normalized spacial score (nSPS) is 14.7. The van der Waals surface area contributed by atoms with Gasteiger partial charge < -0.3 is 5.11 Å². The van der Waals surface area contributed by atoms with Crippen molar-refractivity contribution in [1.82, 2.24) is 0 Å². The zero-order valence-corrected chi connectivity index (χ0v) is 16.7. The first-order valence-electron chi connectivity index (χ1n) is 10.5. The van der Waals surface area contributed by atoms with Crippen molar-refractivity contribution in [3.63, 3.8) is 0 Å². The fourth-order valence-electron chi connectivity index (χ4n) is 3.21. The Kier molecular flexibility index (Phi) is 12.2. The molecule has 1 rings (SSSR count). The summed E-state index contributed by atoms with van der Waals surface area (Å²) in [6, 6.07) is 0. The summed E-state index contributed by atoms with van der Waals surface area (Å²) in [7, 11) is 0. The monoisotopic (exact) mass is 378 g/mol. The van der Waals surface area contributed by atoms with E-state index in [0.717, 1.165) is 38.5 Å². The molecule has 0 aliphatic carbocycles. The second kappa shape index (κ2) is 14.2. The average molecular weight is 379 g/mol. The molecule has 2 amide bonds. The van der Waals surface area contributed by atoms with Crippen LogP contribution in [-0.4, -0.2) is 34.3 Å². The summed E-state index contributed by atoms with van der Waals surface area (Å²) in [5, 5.41) is 8.63. The van der Waals surface area contributed by atoms with Crippen LogP contribution in [0.1, 0.15) is 103 Å². The standard InChI is InChI=1S/C21H34N2O4/c1-2-3-4-5-7-10-13-17-18(23-20(25)16-19(24)22-17)14-11-8-6-9-12-15-21(26)27/h2-16H2,1H3,(H,26,27). The lowest BCUT2D eigenvalue weighted by Crippen LogP contribution is -2.15. The van der Waals surface area contributed by atoms with Gasteiger partial charge in [-0.15, -0.1) is 0 Å². The molecule has 27 heavy (non-hydrogen) atoms. The van der Waals surface area contributed by atoms with Crippen molar-refractivity contribution in [2.75, 3.05) is 0 Å². The van der Waals surface area contributed by atoms with E-state index in [2.05, 4.69) is 16.9 Å². The molecular formula is C21H34N2O4. The number of carbonyl (C=O) groups excluding carboxylic acids is 2. The molecule has 0 saturated carbocycles. The number of nitrogens with zero attached hydrogens (tertiary/aromatic N) is 2. The Morgan fingerprint density at radius 1 is 0.778 bits per heavy atom. The minimum Gasteiger partial charge on any atom is -0.481 e. The van der Waals surface area contributed by atoms with Gasteiger partial charge in [-0.1, -0.05) is 58.3 Å². The van der Waals surface area contributed by atoms with E-state index in [1.807, 2.05) is 0 Å². The fraction of sp³-hybridized carbons (Fsp3) is 0.762. The van der Waals surface area contributed by atoms with Crippen LogP contribution < -0.4 is 0 Å².